The minimum absolute atomic E-state index is 0.181. The summed E-state index contributed by atoms with van der Waals surface area (Å²) in [5.41, 5.74) is 4.80. The number of para-hydroxylation sites is 1. The van der Waals surface area contributed by atoms with Crippen LogP contribution in [0.1, 0.15) is 35.7 Å². The molecule has 1 aromatic heterocycles. The van der Waals surface area contributed by atoms with Crippen molar-refractivity contribution < 1.29 is 14.3 Å². The molecule has 0 radical (unpaired) electrons. The van der Waals surface area contributed by atoms with Crippen LogP contribution in [0.3, 0.4) is 0 Å². The van der Waals surface area contributed by atoms with E-state index >= 15 is 0 Å². The summed E-state index contributed by atoms with van der Waals surface area (Å²) in [7, 11) is 3.14. The molecule has 0 saturated carbocycles. The maximum absolute atomic E-state index is 12.5. The second-order valence-corrected chi connectivity index (χ2v) is 6.75. The van der Waals surface area contributed by atoms with E-state index in [1.807, 2.05) is 18.2 Å². The number of carbonyl (C=O) groups excluding carboxylic acids is 1. The molecule has 1 aliphatic heterocycles. The van der Waals surface area contributed by atoms with E-state index < -0.39 is 0 Å². The van der Waals surface area contributed by atoms with E-state index in [0.717, 1.165) is 36.9 Å². The molecule has 2 heterocycles. The first kappa shape index (κ1) is 16.7. The highest BCUT2D eigenvalue weighted by Gasteiger charge is 2.32. The maximum atomic E-state index is 12.5. The lowest BCUT2D eigenvalue weighted by molar-refractivity contribution is -0.145. The molecule has 0 aliphatic carbocycles. The summed E-state index contributed by atoms with van der Waals surface area (Å²) in [6.45, 7) is 0. The van der Waals surface area contributed by atoms with Gasteiger partial charge in [0.1, 0.15) is 11.8 Å². The first-order valence-electron chi connectivity index (χ1n) is 9.05. The average molecular weight is 349 g/mol. The molecule has 0 spiro atoms. The first-order chi connectivity index (χ1) is 12.7. The van der Waals surface area contributed by atoms with Gasteiger partial charge < -0.3 is 14.0 Å². The van der Waals surface area contributed by atoms with Crippen LogP contribution < -0.4 is 4.74 Å². The van der Waals surface area contributed by atoms with Gasteiger partial charge in [-0.1, -0.05) is 42.5 Å². The van der Waals surface area contributed by atoms with Crippen LogP contribution in [0.2, 0.25) is 0 Å². The number of fused-ring (bicyclic) bond motifs is 3. The molecule has 4 nitrogen and oxygen atoms in total. The van der Waals surface area contributed by atoms with Crippen LogP contribution in [0.15, 0.2) is 48.5 Å². The number of nitrogens with zero attached hydrogens (tertiary/aromatic N) is 1. The number of rotatable bonds is 4. The summed E-state index contributed by atoms with van der Waals surface area (Å²) in [5, 5.41) is 1.17. The lowest BCUT2D eigenvalue weighted by atomic mass is 9.96. The summed E-state index contributed by atoms with van der Waals surface area (Å²) < 4.78 is 12.9. The quantitative estimate of drug-likeness (QED) is 0.660. The van der Waals surface area contributed by atoms with E-state index in [-0.39, 0.29) is 12.0 Å². The molecule has 0 amide bonds. The van der Waals surface area contributed by atoms with E-state index in [4.69, 9.17) is 9.47 Å². The highest BCUT2D eigenvalue weighted by atomic mass is 16.5. The van der Waals surface area contributed by atoms with Crippen molar-refractivity contribution >= 4 is 16.9 Å². The zero-order valence-corrected chi connectivity index (χ0v) is 15.2. The van der Waals surface area contributed by atoms with Crippen molar-refractivity contribution in [2.45, 2.75) is 31.7 Å². The van der Waals surface area contributed by atoms with Crippen LogP contribution in [0, 0.1) is 0 Å². The van der Waals surface area contributed by atoms with Crippen molar-refractivity contribution in [3.05, 3.63) is 65.4 Å². The van der Waals surface area contributed by atoms with Gasteiger partial charge in [0.15, 0.2) is 0 Å². The Hall–Kier alpha value is -2.75. The zero-order valence-electron chi connectivity index (χ0n) is 15.2. The van der Waals surface area contributed by atoms with Gasteiger partial charge in [0.25, 0.3) is 0 Å². The van der Waals surface area contributed by atoms with Crippen molar-refractivity contribution in [1.82, 2.24) is 4.57 Å². The van der Waals surface area contributed by atoms with Crippen LogP contribution >= 0.6 is 0 Å². The van der Waals surface area contributed by atoms with Gasteiger partial charge in [0, 0.05) is 11.1 Å². The Balaban J connectivity index is 1.97. The SMILES string of the molecule is COC(=O)C1CCCc2c(Cc3ccccc3)c3cccc(OC)c3n21. The predicted molar refractivity (Wildman–Crippen MR) is 102 cm³/mol. The molecule has 4 rings (SSSR count). The molecular formula is C22H23NO3. The lowest BCUT2D eigenvalue weighted by Gasteiger charge is -2.26. The molecule has 1 atom stereocenters. The van der Waals surface area contributed by atoms with Gasteiger partial charge in [-0.2, -0.15) is 0 Å². The number of carbonyl (C=O) groups is 1. The van der Waals surface area contributed by atoms with Gasteiger partial charge in [0.05, 0.1) is 19.7 Å². The van der Waals surface area contributed by atoms with E-state index in [1.165, 1.54) is 29.3 Å². The number of hydrogen-bond acceptors (Lipinski definition) is 3. The Morgan fingerprint density at radius 2 is 1.92 bits per heavy atom. The molecule has 4 heteroatoms. The molecule has 0 saturated heterocycles. The molecule has 1 aliphatic rings. The van der Waals surface area contributed by atoms with Crippen molar-refractivity contribution in [3.8, 4) is 5.75 Å². The molecule has 1 unspecified atom stereocenters. The van der Waals surface area contributed by atoms with Gasteiger partial charge in [-0.15, -0.1) is 0 Å². The standard InChI is InChI=1S/C22H23NO3/c1-25-20-13-6-10-16-17(14-15-8-4-3-5-9-15)18-11-7-12-19(22(24)26-2)23(18)21(16)20/h3-6,8-10,13,19H,7,11-12,14H2,1-2H3. The van der Waals surface area contributed by atoms with Crippen molar-refractivity contribution in [3.63, 3.8) is 0 Å². The summed E-state index contributed by atoms with van der Waals surface area (Å²) in [6.07, 6.45) is 3.60. The normalized spacial score (nSPS) is 16.3. The Labute approximate surface area is 153 Å². The fourth-order valence-electron chi connectivity index (χ4n) is 4.18. The second kappa shape index (κ2) is 6.87. The highest BCUT2D eigenvalue weighted by Crippen LogP contribution is 2.41. The van der Waals surface area contributed by atoms with Crippen LogP contribution in [0.4, 0.5) is 0 Å². The largest absolute Gasteiger partial charge is 0.495 e. The zero-order chi connectivity index (χ0) is 18.1. The summed E-state index contributed by atoms with van der Waals surface area (Å²) in [6, 6.07) is 16.3. The third-order valence-corrected chi connectivity index (χ3v) is 5.32. The topological polar surface area (TPSA) is 40.5 Å². The fraction of sp³-hybridized carbons (Fsp3) is 0.318. The molecule has 0 fully saturated rings. The van der Waals surface area contributed by atoms with Crippen LogP contribution in [-0.2, 0) is 22.4 Å². The maximum Gasteiger partial charge on any atom is 0.328 e. The number of aromatic nitrogens is 1. The lowest BCUT2D eigenvalue weighted by Crippen LogP contribution is -2.26. The molecule has 0 bridgehead atoms. The predicted octanol–water partition coefficient (Wildman–Crippen LogP) is 4.29. The van der Waals surface area contributed by atoms with E-state index in [0.29, 0.717) is 0 Å². The van der Waals surface area contributed by atoms with Crippen molar-refractivity contribution in [2.75, 3.05) is 14.2 Å². The molecule has 26 heavy (non-hydrogen) atoms. The third kappa shape index (κ3) is 2.66. The molecule has 2 aromatic carbocycles. The monoisotopic (exact) mass is 349 g/mol. The number of methoxy groups -OCH3 is 2. The summed E-state index contributed by atoms with van der Waals surface area (Å²) in [4.78, 5) is 12.5. The number of hydrogen-bond donors (Lipinski definition) is 0. The Bertz CT molecular complexity index is 943. The van der Waals surface area contributed by atoms with Crippen LogP contribution in [-0.4, -0.2) is 24.8 Å². The van der Waals surface area contributed by atoms with E-state index in [1.54, 1.807) is 7.11 Å². The van der Waals surface area contributed by atoms with Crippen molar-refractivity contribution in [1.29, 1.82) is 0 Å². The molecule has 134 valence electrons. The van der Waals surface area contributed by atoms with E-state index in [9.17, 15) is 4.79 Å². The van der Waals surface area contributed by atoms with Crippen LogP contribution in [0.5, 0.6) is 5.75 Å². The Morgan fingerprint density at radius 3 is 2.65 bits per heavy atom. The number of esters is 1. The van der Waals surface area contributed by atoms with Gasteiger partial charge in [-0.3, -0.25) is 0 Å². The average Bonchev–Trinajstić information content (AvgIpc) is 3.02. The first-order valence-corrected chi connectivity index (χ1v) is 9.05. The second-order valence-electron chi connectivity index (χ2n) is 6.75. The van der Waals surface area contributed by atoms with E-state index in [2.05, 4.69) is 34.9 Å². The van der Waals surface area contributed by atoms with Gasteiger partial charge in [-0.05, 0) is 42.9 Å². The highest BCUT2D eigenvalue weighted by molar-refractivity contribution is 5.93. The van der Waals surface area contributed by atoms with Crippen LogP contribution in [0.25, 0.3) is 10.9 Å². The van der Waals surface area contributed by atoms with Crippen molar-refractivity contribution in [2.24, 2.45) is 0 Å². The molecular weight excluding hydrogens is 326 g/mol. The summed E-state index contributed by atoms with van der Waals surface area (Å²) in [5.74, 6) is 0.624. The molecule has 0 N–H and O–H groups in total. The van der Waals surface area contributed by atoms with Gasteiger partial charge >= 0.3 is 5.97 Å². The molecule has 3 aromatic rings. The number of benzene rings is 2. The minimum Gasteiger partial charge on any atom is -0.495 e. The third-order valence-electron chi connectivity index (χ3n) is 5.32. The Morgan fingerprint density at radius 1 is 1.12 bits per heavy atom. The van der Waals surface area contributed by atoms with Gasteiger partial charge in [0.2, 0.25) is 0 Å². The fourth-order valence-corrected chi connectivity index (χ4v) is 4.18. The van der Waals surface area contributed by atoms with Gasteiger partial charge in [-0.25, -0.2) is 4.79 Å². The summed E-state index contributed by atoms with van der Waals surface area (Å²) >= 11 is 0. The minimum atomic E-state index is -0.285. The Kier molecular flexibility index (Phi) is 4.41. The number of ether oxygens (including phenoxy) is 2. The smallest absolute Gasteiger partial charge is 0.328 e.